The van der Waals surface area contributed by atoms with Gasteiger partial charge >= 0.3 is 6.18 Å². The maximum absolute atomic E-state index is 14.9. The monoisotopic (exact) mass is 527 g/mol. The molecule has 0 amide bonds. The fourth-order valence-corrected chi connectivity index (χ4v) is 4.04. The fourth-order valence-electron chi connectivity index (χ4n) is 3.78. The summed E-state index contributed by atoms with van der Waals surface area (Å²) in [6.45, 7) is 1.74. The van der Waals surface area contributed by atoms with Crippen LogP contribution in [-0.2, 0) is 10.3 Å². The van der Waals surface area contributed by atoms with Crippen molar-refractivity contribution in [2.45, 2.75) is 24.7 Å². The van der Waals surface area contributed by atoms with Crippen LogP contribution in [-0.4, -0.2) is 23.0 Å². The van der Waals surface area contributed by atoms with E-state index in [2.05, 4.69) is 26.2 Å². The Morgan fingerprint density at radius 2 is 1.79 bits per heavy atom. The zero-order valence-corrected chi connectivity index (χ0v) is 19.3. The Morgan fingerprint density at radius 3 is 2.35 bits per heavy atom. The molecular formula is C25H17BrF3N3O2. The highest BCUT2D eigenvalue weighted by Crippen LogP contribution is 2.49. The summed E-state index contributed by atoms with van der Waals surface area (Å²) in [6.07, 6.45) is -5.59. The van der Waals surface area contributed by atoms with Crippen LogP contribution in [0.1, 0.15) is 27.2 Å². The van der Waals surface area contributed by atoms with Crippen molar-refractivity contribution in [1.82, 2.24) is 10.3 Å². The van der Waals surface area contributed by atoms with Gasteiger partial charge in [-0.3, -0.25) is 9.78 Å². The number of alkyl halides is 3. The van der Waals surface area contributed by atoms with Crippen molar-refractivity contribution >= 4 is 27.3 Å². The molecule has 1 saturated heterocycles. The van der Waals surface area contributed by atoms with Crippen molar-refractivity contribution in [2.75, 3.05) is 0 Å². The first-order chi connectivity index (χ1) is 16.2. The number of benzene rings is 2. The first kappa shape index (κ1) is 23.5. The summed E-state index contributed by atoms with van der Waals surface area (Å²) < 4.78 is 51.1. The maximum Gasteiger partial charge on any atom is 0.419 e. The third-order valence-electron chi connectivity index (χ3n) is 5.52. The summed E-state index contributed by atoms with van der Waals surface area (Å²) in [4.78, 5) is 17.5. The van der Waals surface area contributed by atoms with E-state index in [1.807, 2.05) is 6.07 Å². The van der Waals surface area contributed by atoms with E-state index in [0.717, 1.165) is 5.56 Å². The minimum atomic E-state index is -4.97. The number of carbonyl (C=O) groups is 1. The standard InChI is InChI=1S/C25H17BrF3N3O2/c1-15-5-9-17(10-6-15)24(25(27,28)29)22(21(33)16-7-11-18(26)12-8-16)34-23(32-24)19(14-30)20-4-2-3-13-31-20/h2-13,22,32H,1H3/b23-19+/t22-,24+/m1/s1. The molecule has 34 heavy (non-hydrogen) atoms. The normalized spacial score (nSPS) is 21.2. The summed E-state index contributed by atoms with van der Waals surface area (Å²) in [5.41, 5.74) is -2.49. The van der Waals surface area contributed by atoms with Gasteiger partial charge in [-0.25, -0.2) is 0 Å². The number of ether oxygens (including phenoxy) is 1. The third kappa shape index (κ3) is 4.05. The number of carbonyl (C=O) groups excluding carboxylic acids is 1. The Balaban J connectivity index is 1.95. The Labute approximate surface area is 202 Å². The number of nitriles is 1. The molecule has 172 valence electrons. The summed E-state index contributed by atoms with van der Waals surface area (Å²) in [6, 6.07) is 18.1. The molecule has 0 aliphatic carbocycles. The maximum atomic E-state index is 14.9. The van der Waals surface area contributed by atoms with Crippen LogP contribution < -0.4 is 5.32 Å². The van der Waals surface area contributed by atoms with E-state index >= 15 is 0 Å². The minimum absolute atomic E-state index is 0.0355. The number of aromatic nitrogens is 1. The third-order valence-corrected chi connectivity index (χ3v) is 6.05. The zero-order valence-electron chi connectivity index (χ0n) is 17.7. The molecular weight excluding hydrogens is 511 g/mol. The fraction of sp³-hybridized carbons (Fsp3) is 0.160. The smallest absolute Gasteiger partial charge is 0.419 e. The van der Waals surface area contributed by atoms with Gasteiger partial charge in [-0.1, -0.05) is 64.0 Å². The van der Waals surface area contributed by atoms with E-state index in [0.29, 0.717) is 4.47 Å². The van der Waals surface area contributed by atoms with Gasteiger partial charge in [0, 0.05) is 16.2 Å². The van der Waals surface area contributed by atoms with Crippen molar-refractivity contribution in [3.63, 3.8) is 0 Å². The Hall–Kier alpha value is -3.64. The molecule has 1 N–H and O–H groups in total. The largest absolute Gasteiger partial charge is 0.463 e. The first-order valence-electron chi connectivity index (χ1n) is 10.1. The summed E-state index contributed by atoms with van der Waals surface area (Å²) in [7, 11) is 0. The first-order valence-corrected chi connectivity index (χ1v) is 10.9. The van der Waals surface area contributed by atoms with E-state index in [9.17, 15) is 23.2 Å². The Morgan fingerprint density at radius 1 is 1.12 bits per heavy atom. The summed E-state index contributed by atoms with van der Waals surface area (Å²) in [5, 5.41) is 12.1. The van der Waals surface area contributed by atoms with Crippen molar-refractivity contribution in [1.29, 1.82) is 5.26 Å². The molecule has 0 radical (unpaired) electrons. The Kier molecular flexibility index (Phi) is 6.19. The molecule has 0 spiro atoms. The molecule has 1 fully saturated rings. The lowest BCUT2D eigenvalue weighted by molar-refractivity contribution is -0.204. The molecule has 1 aliphatic heterocycles. The van der Waals surface area contributed by atoms with Crippen LogP contribution >= 0.6 is 15.9 Å². The molecule has 4 rings (SSSR count). The van der Waals surface area contributed by atoms with E-state index in [-0.39, 0.29) is 22.4 Å². The van der Waals surface area contributed by atoms with E-state index < -0.39 is 29.5 Å². The van der Waals surface area contributed by atoms with Gasteiger partial charge in [0.25, 0.3) is 0 Å². The molecule has 3 aromatic rings. The molecule has 5 nitrogen and oxygen atoms in total. The second-order valence-corrected chi connectivity index (χ2v) is 8.61. The molecule has 2 heterocycles. The lowest BCUT2D eigenvalue weighted by Crippen LogP contribution is -2.58. The molecule has 0 unspecified atom stereocenters. The highest BCUT2D eigenvalue weighted by Gasteiger charge is 2.68. The number of nitrogens with zero attached hydrogens (tertiary/aromatic N) is 2. The van der Waals surface area contributed by atoms with Gasteiger partial charge < -0.3 is 10.1 Å². The number of allylic oxidation sites excluding steroid dienone is 1. The van der Waals surface area contributed by atoms with Crippen molar-refractivity contribution in [3.05, 3.63) is 106 Å². The highest BCUT2D eigenvalue weighted by atomic mass is 79.9. The second kappa shape index (κ2) is 8.95. The number of hydrogen-bond donors (Lipinski definition) is 1. The predicted molar refractivity (Wildman–Crippen MR) is 122 cm³/mol. The number of halogens is 4. The molecule has 2 atom stereocenters. The van der Waals surface area contributed by atoms with Gasteiger partial charge in [0.15, 0.2) is 6.10 Å². The summed E-state index contributed by atoms with van der Waals surface area (Å²) in [5.74, 6) is -1.35. The molecule has 1 aromatic heterocycles. The van der Waals surface area contributed by atoms with Gasteiger partial charge in [-0.15, -0.1) is 0 Å². The number of hydrogen-bond acceptors (Lipinski definition) is 5. The van der Waals surface area contributed by atoms with Crippen LogP contribution in [0, 0.1) is 18.3 Å². The van der Waals surface area contributed by atoms with Gasteiger partial charge in [0.2, 0.25) is 17.2 Å². The van der Waals surface area contributed by atoms with Gasteiger partial charge in [0.05, 0.1) is 5.69 Å². The lowest BCUT2D eigenvalue weighted by atomic mass is 9.80. The molecule has 1 aliphatic rings. The average Bonchev–Trinajstić information content (AvgIpc) is 3.22. The van der Waals surface area contributed by atoms with Crippen molar-refractivity contribution < 1.29 is 22.7 Å². The van der Waals surface area contributed by atoms with Crippen LogP contribution in [0.4, 0.5) is 13.2 Å². The van der Waals surface area contributed by atoms with E-state index in [1.54, 1.807) is 31.2 Å². The minimum Gasteiger partial charge on any atom is -0.463 e. The molecule has 9 heteroatoms. The summed E-state index contributed by atoms with van der Waals surface area (Å²) >= 11 is 3.25. The van der Waals surface area contributed by atoms with Crippen LogP contribution in [0.2, 0.25) is 0 Å². The van der Waals surface area contributed by atoms with E-state index in [1.165, 1.54) is 48.7 Å². The number of nitrogens with one attached hydrogen (secondary N) is 1. The average molecular weight is 528 g/mol. The number of pyridine rings is 1. The van der Waals surface area contributed by atoms with Crippen molar-refractivity contribution in [3.8, 4) is 6.07 Å². The highest BCUT2D eigenvalue weighted by molar-refractivity contribution is 9.10. The lowest BCUT2D eigenvalue weighted by Gasteiger charge is -2.34. The number of ketones is 1. The molecule has 2 aromatic carbocycles. The molecule has 0 bridgehead atoms. The molecule has 0 saturated carbocycles. The van der Waals surface area contributed by atoms with Crippen LogP contribution in [0.3, 0.4) is 0 Å². The van der Waals surface area contributed by atoms with E-state index in [4.69, 9.17) is 4.74 Å². The van der Waals surface area contributed by atoms with Crippen LogP contribution in [0.5, 0.6) is 0 Å². The van der Waals surface area contributed by atoms with Crippen LogP contribution in [0.15, 0.2) is 83.3 Å². The zero-order chi connectivity index (χ0) is 24.5. The topological polar surface area (TPSA) is 75.0 Å². The second-order valence-electron chi connectivity index (χ2n) is 7.70. The van der Waals surface area contributed by atoms with Crippen molar-refractivity contribution in [2.24, 2.45) is 0 Å². The Bertz CT molecular complexity index is 1280. The SMILES string of the molecule is Cc1ccc([C@]2(C(F)(F)F)N/C(=C(/C#N)c3ccccn3)O[C@@H]2C(=O)c2ccc(Br)cc2)cc1. The van der Waals surface area contributed by atoms with Gasteiger partial charge in [-0.2, -0.15) is 18.4 Å². The van der Waals surface area contributed by atoms with Gasteiger partial charge in [-0.05, 0) is 36.8 Å². The van der Waals surface area contributed by atoms with Crippen LogP contribution in [0.25, 0.3) is 5.57 Å². The number of aryl methyl sites for hydroxylation is 1. The number of rotatable bonds is 4. The van der Waals surface area contributed by atoms with Gasteiger partial charge in [0.1, 0.15) is 11.6 Å². The quantitative estimate of drug-likeness (QED) is 0.349. The predicted octanol–water partition coefficient (Wildman–Crippen LogP) is 5.67. The number of Topliss-reactive ketones (excluding diaryl/α,β-unsaturated/α-hetero) is 1.